The van der Waals surface area contributed by atoms with E-state index in [-0.39, 0.29) is 34.9 Å². The van der Waals surface area contributed by atoms with Crippen molar-refractivity contribution in [2.24, 2.45) is 0 Å². The number of carbonyl (C=O) groups is 1. The molecule has 2 aromatic carbocycles. The van der Waals surface area contributed by atoms with Gasteiger partial charge >= 0.3 is 0 Å². The van der Waals surface area contributed by atoms with Crippen molar-refractivity contribution in [1.29, 1.82) is 0 Å². The lowest BCUT2D eigenvalue weighted by Gasteiger charge is -2.33. The summed E-state index contributed by atoms with van der Waals surface area (Å²) >= 11 is 12.7. The SMILES string of the molecule is COCCn1cc(C(=O)N2CCC(c3ccc(F)cc3)CC2)c(Nc2cc(Cl)ccc2C)c(Cl)c1=O. The molecule has 1 fully saturated rings. The van der Waals surface area contributed by atoms with E-state index >= 15 is 0 Å². The summed E-state index contributed by atoms with van der Waals surface area (Å²) in [4.78, 5) is 28.5. The van der Waals surface area contributed by atoms with Gasteiger partial charge in [0.1, 0.15) is 10.8 Å². The molecule has 1 aliphatic heterocycles. The fraction of sp³-hybridized carbons (Fsp3) is 0.333. The number of anilines is 2. The molecule has 0 bridgehead atoms. The number of aromatic nitrogens is 1. The topological polar surface area (TPSA) is 63.6 Å². The lowest BCUT2D eigenvalue weighted by molar-refractivity contribution is 0.0712. The van der Waals surface area contributed by atoms with E-state index in [4.69, 9.17) is 27.9 Å². The van der Waals surface area contributed by atoms with E-state index in [2.05, 4.69) is 5.32 Å². The molecule has 1 aromatic heterocycles. The zero-order valence-corrected chi connectivity index (χ0v) is 21.7. The molecule has 0 radical (unpaired) electrons. The molecule has 36 heavy (non-hydrogen) atoms. The van der Waals surface area contributed by atoms with Gasteiger partial charge in [-0.3, -0.25) is 9.59 Å². The maximum Gasteiger partial charge on any atom is 0.271 e. The van der Waals surface area contributed by atoms with Gasteiger partial charge in [0.2, 0.25) is 0 Å². The number of hydrogen-bond acceptors (Lipinski definition) is 4. The second kappa shape index (κ2) is 11.5. The predicted octanol–water partition coefficient (Wildman–Crippen LogP) is 6.01. The molecule has 0 saturated carbocycles. The Kier molecular flexibility index (Phi) is 8.34. The molecule has 0 spiro atoms. The number of pyridine rings is 1. The minimum absolute atomic E-state index is 0.0717. The molecule has 1 N–H and O–H groups in total. The number of methoxy groups -OCH3 is 1. The number of ether oxygens (including phenoxy) is 1. The molecule has 4 rings (SSSR count). The van der Waals surface area contributed by atoms with Gasteiger partial charge in [-0.1, -0.05) is 41.4 Å². The molecule has 0 aliphatic carbocycles. The third kappa shape index (κ3) is 5.75. The van der Waals surface area contributed by atoms with Crippen LogP contribution < -0.4 is 10.9 Å². The van der Waals surface area contributed by atoms with E-state index in [1.807, 2.05) is 13.0 Å². The minimum atomic E-state index is -0.414. The Bertz CT molecular complexity index is 1300. The second-order valence-corrected chi connectivity index (χ2v) is 9.74. The maximum absolute atomic E-state index is 13.7. The molecule has 1 saturated heterocycles. The van der Waals surface area contributed by atoms with E-state index in [1.54, 1.807) is 42.5 Å². The van der Waals surface area contributed by atoms with Gasteiger partial charge < -0.3 is 19.5 Å². The molecule has 6 nitrogen and oxygen atoms in total. The van der Waals surface area contributed by atoms with Gasteiger partial charge in [-0.15, -0.1) is 0 Å². The van der Waals surface area contributed by atoms with Crippen LogP contribution in [0.1, 0.15) is 40.2 Å². The summed E-state index contributed by atoms with van der Waals surface area (Å²) in [6, 6.07) is 11.9. The zero-order valence-electron chi connectivity index (χ0n) is 20.2. The summed E-state index contributed by atoms with van der Waals surface area (Å²) in [7, 11) is 1.54. The Balaban J connectivity index is 1.64. The highest BCUT2D eigenvalue weighted by atomic mass is 35.5. The number of carbonyl (C=O) groups excluding carboxylic acids is 1. The minimum Gasteiger partial charge on any atom is -0.383 e. The van der Waals surface area contributed by atoms with Crippen molar-refractivity contribution >= 4 is 40.5 Å². The van der Waals surface area contributed by atoms with E-state index in [9.17, 15) is 14.0 Å². The highest BCUT2D eigenvalue weighted by Gasteiger charge is 2.28. The van der Waals surface area contributed by atoms with Crippen LogP contribution in [0.5, 0.6) is 0 Å². The average molecular weight is 532 g/mol. The molecule has 1 aliphatic rings. The standard InChI is InChI=1S/C27H28Cl2FN3O3/c1-17-3-6-20(28)15-23(17)31-25-22(16-33(13-14-36-2)27(35)24(25)29)26(34)32-11-9-19(10-12-32)18-4-7-21(30)8-5-18/h3-8,15-16,19,31H,9-14H2,1-2H3. The number of piperidine rings is 1. The number of amides is 1. The zero-order chi connectivity index (χ0) is 25.8. The summed E-state index contributed by atoms with van der Waals surface area (Å²) in [5, 5.41) is 3.64. The van der Waals surface area contributed by atoms with E-state index < -0.39 is 5.56 Å². The third-order valence-corrected chi connectivity index (χ3v) is 7.16. The molecule has 190 valence electrons. The average Bonchev–Trinajstić information content (AvgIpc) is 2.88. The fourth-order valence-corrected chi connectivity index (χ4v) is 4.88. The molecule has 1 amide bonds. The first-order valence-electron chi connectivity index (χ1n) is 11.8. The summed E-state index contributed by atoms with van der Waals surface area (Å²) < 4.78 is 19.8. The van der Waals surface area contributed by atoms with Gasteiger partial charge in [0, 0.05) is 43.7 Å². The Hall–Kier alpha value is -2.87. The van der Waals surface area contributed by atoms with Gasteiger partial charge in [0.05, 0.1) is 17.9 Å². The number of nitrogens with one attached hydrogen (secondary N) is 1. The molecule has 2 heterocycles. The van der Waals surface area contributed by atoms with Crippen molar-refractivity contribution in [3.8, 4) is 0 Å². The van der Waals surface area contributed by atoms with Crippen LogP contribution in [0.25, 0.3) is 0 Å². The van der Waals surface area contributed by atoms with Crippen LogP contribution in [-0.2, 0) is 11.3 Å². The molecular formula is C27H28Cl2FN3O3. The number of aryl methyl sites for hydroxylation is 1. The number of likely N-dealkylation sites (tertiary alicyclic amines) is 1. The Labute approximate surface area is 219 Å². The first kappa shape index (κ1) is 26.2. The number of benzene rings is 2. The number of rotatable bonds is 7. The number of nitrogens with zero attached hydrogens (tertiary/aromatic N) is 2. The summed E-state index contributed by atoms with van der Waals surface area (Å²) in [5.74, 6) is -0.231. The van der Waals surface area contributed by atoms with Crippen molar-refractivity contribution in [2.75, 3.05) is 32.1 Å². The van der Waals surface area contributed by atoms with Crippen molar-refractivity contribution in [3.63, 3.8) is 0 Å². The highest BCUT2D eigenvalue weighted by molar-refractivity contribution is 6.34. The quantitative estimate of drug-likeness (QED) is 0.405. The lowest BCUT2D eigenvalue weighted by atomic mass is 9.89. The van der Waals surface area contributed by atoms with Crippen LogP contribution >= 0.6 is 23.2 Å². The van der Waals surface area contributed by atoms with Crippen LogP contribution in [0, 0.1) is 12.7 Å². The van der Waals surface area contributed by atoms with Crippen molar-refractivity contribution in [3.05, 3.63) is 91.6 Å². The number of halogens is 3. The van der Waals surface area contributed by atoms with Crippen LogP contribution in [-0.4, -0.2) is 42.2 Å². The molecule has 0 atom stereocenters. The van der Waals surface area contributed by atoms with Gasteiger partial charge in [-0.2, -0.15) is 0 Å². The van der Waals surface area contributed by atoms with Crippen LogP contribution in [0.2, 0.25) is 10.0 Å². The van der Waals surface area contributed by atoms with Crippen molar-refractivity contribution in [1.82, 2.24) is 9.47 Å². The van der Waals surface area contributed by atoms with Gasteiger partial charge in [0.25, 0.3) is 11.5 Å². The fourth-order valence-electron chi connectivity index (χ4n) is 4.46. The van der Waals surface area contributed by atoms with Crippen molar-refractivity contribution in [2.45, 2.75) is 32.2 Å². The van der Waals surface area contributed by atoms with Gasteiger partial charge in [-0.05, 0) is 61.1 Å². The van der Waals surface area contributed by atoms with E-state index in [0.29, 0.717) is 36.0 Å². The lowest BCUT2D eigenvalue weighted by Crippen LogP contribution is -2.39. The molecule has 0 unspecified atom stereocenters. The monoisotopic (exact) mass is 531 g/mol. The number of hydrogen-bond donors (Lipinski definition) is 1. The summed E-state index contributed by atoms with van der Waals surface area (Å²) in [6.07, 6.45) is 3.05. The van der Waals surface area contributed by atoms with Crippen LogP contribution in [0.4, 0.5) is 15.8 Å². The Morgan fingerprint density at radius 3 is 2.50 bits per heavy atom. The largest absolute Gasteiger partial charge is 0.383 e. The van der Waals surface area contributed by atoms with Gasteiger partial charge in [-0.25, -0.2) is 4.39 Å². The Morgan fingerprint density at radius 1 is 1.14 bits per heavy atom. The third-order valence-electron chi connectivity index (χ3n) is 6.57. The van der Waals surface area contributed by atoms with Crippen LogP contribution in [0.3, 0.4) is 0 Å². The second-order valence-electron chi connectivity index (χ2n) is 8.93. The normalized spacial score (nSPS) is 14.2. The Morgan fingerprint density at radius 2 is 1.83 bits per heavy atom. The summed E-state index contributed by atoms with van der Waals surface area (Å²) in [6.45, 7) is 3.52. The van der Waals surface area contributed by atoms with E-state index in [1.165, 1.54) is 16.7 Å². The molecular weight excluding hydrogens is 504 g/mol. The summed E-state index contributed by atoms with van der Waals surface area (Å²) in [5.41, 5.74) is 2.75. The first-order valence-corrected chi connectivity index (χ1v) is 12.5. The molecule has 3 aromatic rings. The highest BCUT2D eigenvalue weighted by Crippen LogP contribution is 2.33. The van der Waals surface area contributed by atoms with E-state index in [0.717, 1.165) is 24.0 Å². The smallest absolute Gasteiger partial charge is 0.271 e. The van der Waals surface area contributed by atoms with Gasteiger partial charge in [0.15, 0.2) is 0 Å². The first-order chi connectivity index (χ1) is 17.3. The van der Waals surface area contributed by atoms with Crippen molar-refractivity contribution < 1.29 is 13.9 Å². The predicted molar refractivity (Wildman–Crippen MR) is 141 cm³/mol. The van der Waals surface area contributed by atoms with Crippen LogP contribution in [0.15, 0.2) is 53.5 Å². The molecule has 9 heteroatoms. The maximum atomic E-state index is 13.7.